The molecule has 0 radical (unpaired) electrons. The topological polar surface area (TPSA) is 30.5 Å². The minimum atomic E-state index is 0.768. The first-order valence-corrected chi connectivity index (χ1v) is 7.31. The molecule has 0 aliphatic carbocycles. The molecule has 0 atom stereocenters. The number of benzene rings is 2. The van der Waals surface area contributed by atoms with E-state index >= 15 is 0 Å². The molecule has 20 heavy (non-hydrogen) atoms. The first kappa shape index (κ1) is 13.3. The van der Waals surface area contributed by atoms with Crippen LogP contribution in [0, 0.1) is 0 Å². The van der Waals surface area contributed by atoms with Gasteiger partial charge in [0.15, 0.2) is 0 Å². The maximum Gasteiger partial charge on any atom is 0.144 e. The number of hydrogen-bond donors (Lipinski definition) is 1. The van der Waals surface area contributed by atoms with Crippen molar-refractivity contribution in [3.8, 4) is 22.6 Å². The molecular formula is C16H16BrNO2. The van der Waals surface area contributed by atoms with Gasteiger partial charge in [-0.25, -0.2) is 0 Å². The Morgan fingerprint density at radius 2 is 1.95 bits per heavy atom. The zero-order valence-corrected chi connectivity index (χ0v) is 13.1. The summed E-state index contributed by atoms with van der Waals surface area (Å²) in [6.07, 6.45) is 1.10. The highest BCUT2D eigenvalue weighted by atomic mass is 79.9. The van der Waals surface area contributed by atoms with E-state index in [9.17, 15) is 0 Å². The van der Waals surface area contributed by atoms with E-state index in [1.54, 1.807) is 14.2 Å². The summed E-state index contributed by atoms with van der Waals surface area (Å²) in [6, 6.07) is 10.5. The summed E-state index contributed by atoms with van der Waals surface area (Å²) in [5.74, 6) is 1.56. The number of ether oxygens (including phenoxy) is 2. The lowest BCUT2D eigenvalue weighted by Crippen LogP contribution is -1.94. The minimum absolute atomic E-state index is 0.768. The Hall–Kier alpha value is -1.68. The SMILES string of the molecule is COc1ccc(-c2ccc3c(c2)NCC3)c(OC)c1Br. The molecule has 104 valence electrons. The summed E-state index contributed by atoms with van der Waals surface area (Å²) in [6.45, 7) is 1.02. The number of methoxy groups -OCH3 is 2. The summed E-state index contributed by atoms with van der Waals surface area (Å²) in [4.78, 5) is 0. The van der Waals surface area contributed by atoms with E-state index in [0.717, 1.165) is 40.1 Å². The fourth-order valence-corrected chi connectivity index (χ4v) is 3.25. The maximum atomic E-state index is 5.55. The smallest absolute Gasteiger partial charge is 0.144 e. The molecule has 0 bridgehead atoms. The second kappa shape index (κ2) is 5.37. The van der Waals surface area contributed by atoms with Gasteiger partial charge in [0.25, 0.3) is 0 Å². The van der Waals surface area contributed by atoms with Gasteiger partial charge < -0.3 is 14.8 Å². The molecule has 0 amide bonds. The van der Waals surface area contributed by atoms with Gasteiger partial charge in [0.1, 0.15) is 16.0 Å². The average Bonchev–Trinajstić information content (AvgIpc) is 2.94. The average molecular weight is 334 g/mol. The van der Waals surface area contributed by atoms with Gasteiger partial charge in [-0.2, -0.15) is 0 Å². The van der Waals surface area contributed by atoms with E-state index < -0.39 is 0 Å². The zero-order valence-electron chi connectivity index (χ0n) is 11.5. The highest BCUT2D eigenvalue weighted by Crippen LogP contribution is 2.42. The van der Waals surface area contributed by atoms with E-state index in [0.29, 0.717) is 0 Å². The van der Waals surface area contributed by atoms with Crippen LogP contribution in [0.15, 0.2) is 34.8 Å². The molecule has 0 fully saturated rings. The summed E-state index contributed by atoms with van der Waals surface area (Å²) in [5.41, 5.74) is 4.78. The van der Waals surface area contributed by atoms with Crippen LogP contribution in [0.5, 0.6) is 11.5 Å². The van der Waals surface area contributed by atoms with Crippen molar-refractivity contribution in [2.45, 2.75) is 6.42 Å². The molecule has 0 aromatic heterocycles. The molecule has 3 rings (SSSR count). The first-order valence-electron chi connectivity index (χ1n) is 6.52. The van der Waals surface area contributed by atoms with Crippen LogP contribution >= 0.6 is 15.9 Å². The Morgan fingerprint density at radius 3 is 2.70 bits per heavy atom. The fraction of sp³-hybridized carbons (Fsp3) is 0.250. The standard InChI is InChI=1S/C16H16BrNO2/c1-19-14-6-5-12(16(20-2)15(14)17)11-4-3-10-7-8-18-13(10)9-11/h3-6,9,18H,7-8H2,1-2H3. The number of anilines is 1. The van der Waals surface area contributed by atoms with Crippen LogP contribution in [0.25, 0.3) is 11.1 Å². The van der Waals surface area contributed by atoms with Crippen LogP contribution in [0.1, 0.15) is 5.56 Å². The van der Waals surface area contributed by atoms with Crippen molar-refractivity contribution in [1.82, 2.24) is 0 Å². The van der Waals surface area contributed by atoms with Gasteiger partial charge in [0.2, 0.25) is 0 Å². The molecule has 0 spiro atoms. The third-order valence-corrected chi connectivity index (χ3v) is 4.37. The van der Waals surface area contributed by atoms with Crippen LogP contribution in [0.2, 0.25) is 0 Å². The second-order valence-corrected chi connectivity index (χ2v) is 5.50. The predicted molar refractivity (Wildman–Crippen MR) is 84.9 cm³/mol. The lowest BCUT2D eigenvalue weighted by atomic mass is 10.0. The molecule has 0 unspecified atom stereocenters. The lowest BCUT2D eigenvalue weighted by molar-refractivity contribution is 0.390. The van der Waals surface area contributed by atoms with Crippen LogP contribution in [-0.4, -0.2) is 20.8 Å². The Balaban J connectivity index is 2.12. The Bertz CT molecular complexity index is 655. The van der Waals surface area contributed by atoms with Crippen LogP contribution in [0.4, 0.5) is 5.69 Å². The Morgan fingerprint density at radius 1 is 1.10 bits per heavy atom. The van der Waals surface area contributed by atoms with Gasteiger partial charge in [0.05, 0.1) is 14.2 Å². The maximum absolute atomic E-state index is 5.55. The van der Waals surface area contributed by atoms with E-state index in [2.05, 4.69) is 39.4 Å². The summed E-state index contributed by atoms with van der Waals surface area (Å²) in [7, 11) is 3.33. The number of rotatable bonds is 3. The van der Waals surface area contributed by atoms with E-state index in [4.69, 9.17) is 9.47 Å². The Labute approximate surface area is 127 Å². The third-order valence-electron chi connectivity index (χ3n) is 3.62. The predicted octanol–water partition coefficient (Wildman–Crippen LogP) is 4.10. The molecule has 2 aromatic carbocycles. The lowest BCUT2D eigenvalue weighted by Gasteiger charge is -2.14. The molecule has 1 aliphatic rings. The number of nitrogens with one attached hydrogen (secondary N) is 1. The van der Waals surface area contributed by atoms with Gasteiger partial charge in [-0.1, -0.05) is 12.1 Å². The number of hydrogen-bond acceptors (Lipinski definition) is 3. The quantitative estimate of drug-likeness (QED) is 0.917. The molecule has 0 saturated carbocycles. The molecule has 4 heteroatoms. The van der Waals surface area contributed by atoms with Crippen LogP contribution in [0.3, 0.4) is 0 Å². The van der Waals surface area contributed by atoms with E-state index in [1.807, 2.05) is 12.1 Å². The number of fused-ring (bicyclic) bond motifs is 1. The largest absolute Gasteiger partial charge is 0.495 e. The van der Waals surface area contributed by atoms with Gasteiger partial charge >= 0.3 is 0 Å². The van der Waals surface area contributed by atoms with Crippen molar-refractivity contribution in [2.24, 2.45) is 0 Å². The van der Waals surface area contributed by atoms with Crippen molar-refractivity contribution in [3.63, 3.8) is 0 Å². The molecular weight excluding hydrogens is 318 g/mol. The zero-order chi connectivity index (χ0) is 14.1. The van der Waals surface area contributed by atoms with Crippen molar-refractivity contribution in [1.29, 1.82) is 0 Å². The molecule has 1 N–H and O–H groups in total. The van der Waals surface area contributed by atoms with Crippen LogP contribution in [-0.2, 0) is 6.42 Å². The van der Waals surface area contributed by atoms with Gasteiger partial charge in [-0.05, 0) is 51.7 Å². The summed E-state index contributed by atoms with van der Waals surface area (Å²) >= 11 is 3.55. The Kier molecular flexibility index (Phi) is 3.57. The summed E-state index contributed by atoms with van der Waals surface area (Å²) < 4.78 is 11.7. The van der Waals surface area contributed by atoms with E-state index in [1.165, 1.54) is 11.3 Å². The van der Waals surface area contributed by atoms with Crippen LogP contribution < -0.4 is 14.8 Å². The molecule has 1 aliphatic heterocycles. The van der Waals surface area contributed by atoms with Crippen molar-refractivity contribution in [2.75, 3.05) is 26.1 Å². The molecule has 3 nitrogen and oxygen atoms in total. The third kappa shape index (κ3) is 2.14. The molecule has 0 saturated heterocycles. The van der Waals surface area contributed by atoms with Crippen molar-refractivity contribution in [3.05, 3.63) is 40.4 Å². The minimum Gasteiger partial charge on any atom is -0.495 e. The van der Waals surface area contributed by atoms with E-state index in [-0.39, 0.29) is 0 Å². The summed E-state index contributed by atoms with van der Waals surface area (Å²) in [5, 5.41) is 3.41. The fourth-order valence-electron chi connectivity index (χ4n) is 2.58. The molecule has 2 aromatic rings. The second-order valence-electron chi connectivity index (χ2n) is 4.71. The first-order chi connectivity index (χ1) is 9.74. The molecule has 1 heterocycles. The van der Waals surface area contributed by atoms with Gasteiger partial charge in [0, 0.05) is 17.8 Å². The monoisotopic (exact) mass is 333 g/mol. The highest BCUT2D eigenvalue weighted by Gasteiger charge is 2.16. The highest BCUT2D eigenvalue weighted by molar-refractivity contribution is 9.10. The van der Waals surface area contributed by atoms with Crippen molar-refractivity contribution < 1.29 is 9.47 Å². The normalized spacial score (nSPS) is 12.8. The number of halogens is 1. The van der Waals surface area contributed by atoms with Gasteiger partial charge in [-0.15, -0.1) is 0 Å². The van der Waals surface area contributed by atoms with Gasteiger partial charge in [-0.3, -0.25) is 0 Å². The van der Waals surface area contributed by atoms with Crippen molar-refractivity contribution >= 4 is 21.6 Å².